The monoisotopic (exact) mass is 148 g/mol. The fourth-order valence-electron chi connectivity index (χ4n) is 2.25. The first kappa shape index (κ1) is 7.15. The van der Waals surface area contributed by atoms with E-state index < -0.39 is 0 Å². The van der Waals surface area contributed by atoms with Gasteiger partial charge in [-0.25, -0.2) is 0 Å². The number of hydrogen-bond donors (Lipinski definition) is 0. The molecule has 0 spiro atoms. The Morgan fingerprint density at radius 1 is 0.909 bits per heavy atom. The van der Waals surface area contributed by atoms with E-state index in [1.54, 1.807) is 0 Å². The van der Waals surface area contributed by atoms with E-state index in [0.717, 1.165) is 11.8 Å². The lowest BCUT2D eigenvalue weighted by molar-refractivity contribution is 0.360. The first-order valence-electron chi connectivity index (χ1n) is 4.78. The van der Waals surface area contributed by atoms with E-state index in [9.17, 15) is 0 Å². The van der Waals surface area contributed by atoms with Crippen LogP contribution in [0.4, 0.5) is 0 Å². The van der Waals surface area contributed by atoms with Crippen molar-refractivity contribution in [1.82, 2.24) is 0 Å². The zero-order valence-corrected chi connectivity index (χ0v) is 7.00. The summed E-state index contributed by atoms with van der Waals surface area (Å²) in [5.74, 6) is 1.89. The number of hydrogen-bond acceptors (Lipinski definition) is 0. The fourth-order valence-corrected chi connectivity index (χ4v) is 2.25. The Balaban J connectivity index is 1.93. The van der Waals surface area contributed by atoms with Crippen LogP contribution in [0, 0.1) is 11.8 Å². The van der Waals surface area contributed by atoms with Crippen molar-refractivity contribution in [3.05, 3.63) is 24.3 Å². The summed E-state index contributed by atoms with van der Waals surface area (Å²) in [7, 11) is 0. The largest absolute Gasteiger partial charge is 0.0885 e. The highest BCUT2D eigenvalue weighted by molar-refractivity contribution is 5.02. The molecule has 0 bridgehead atoms. The molecular formula is C11H16. The molecule has 0 heteroatoms. The lowest BCUT2D eigenvalue weighted by Gasteiger charge is -2.22. The Hall–Kier alpha value is -0.520. The van der Waals surface area contributed by atoms with Crippen LogP contribution in [-0.4, -0.2) is 0 Å². The zero-order valence-electron chi connectivity index (χ0n) is 7.00. The first-order valence-corrected chi connectivity index (χ1v) is 4.78. The number of rotatable bonds is 1. The van der Waals surface area contributed by atoms with Gasteiger partial charge in [0.2, 0.25) is 0 Å². The summed E-state index contributed by atoms with van der Waals surface area (Å²) in [5, 5.41) is 0. The minimum absolute atomic E-state index is 0.917. The second-order valence-electron chi connectivity index (χ2n) is 3.71. The molecule has 2 unspecified atom stereocenters. The van der Waals surface area contributed by atoms with E-state index in [2.05, 4.69) is 24.3 Å². The highest BCUT2D eigenvalue weighted by Gasteiger charge is 2.20. The molecule has 0 heterocycles. The molecule has 0 fully saturated rings. The summed E-state index contributed by atoms with van der Waals surface area (Å²) in [6.45, 7) is 0. The van der Waals surface area contributed by atoms with Crippen LogP contribution in [0.5, 0.6) is 0 Å². The van der Waals surface area contributed by atoms with Gasteiger partial charge in [0.15, 0.2) is 0 Å². The maximum absolute atomic E-state index is 2.43. The summed E-state index contributed by atoms with van der Waals surface area (Å²) in [5.41, 5.74) is 0. The summed E-state index contributed by atoms with van der Waals surface area (Å²) in [6, 6.07) is 0. The van der Waals surface area contributed by atoms with Crippen LogP contribution >= 0.6 is 0 Å². The lowest BCUT2D eigenvalue weighted by Crippen LogP contribution is -2.11. The topological polar surface area (TPSA) is 0 Å². The zero-order chi connectivity index (χ0) is 7.52. The Morgan fingerprint density at radius 3 is 2.45 bits per heavy atom. The van der Waals surface area contributed by atoms with E-state index in [1.807, 2.05) is 0 Å². The third kappa shape index (κ3) is 1.55. The van der Waals surface area contributed by atoms with Gasteiger partial charge in [0.05, 0.1) is 0 Å². The van der Waals surface area contributed by atoms with Gasteiger partial charge in [-0.05, 0) is 43.9 Å². The van der Waals surface area contributed by atoms with E-state index >= 15 is 0 Å². The molecule has 0 radical (unpaired) electrons. The maximum atomic E-state index is 2.43. The molecule has 2 rings (SSSR count). The lowest BCUT2D eigenvalue weighted by atomic mass is 9.83. The van der Waals surface area contributed by atoms with Crippen LogP contribution in [-0.2, 0) is 0 Å². The number of allylic oxidation sites excluding steroid dienone is 4. The molecule has 2 aliphatic rings. The second-order valence-corrected chi connectivity index (χ2v) is 3.71. The fraction of sp³-hybridized carbons (Fsp3) is 0.636. The predicted octanol–water partition coefficient (Wildman–Crippen LogP) is 3.31. The van der Waals surface area contributed by atoms with Gasteiger partial charge in [-0.1, -0.05) is 24.3 Å². The van der Waals surface area contributed by atoms with Crippen LogP contribution in [0.3, 0.4) is 0 Å². The molecule has 0 nitrogen and oxygen atoms in total. The summed E-state index contributed by atoms with van der Waals surface area (Å²) in [6.07, 6.45) is 16.3. The van der Waals surface area contributed by atoms with Crippen molar-refractivity contribution < 1.29 is 0 Å². The molecule has 0 aromatic heterocycles. The molecule has 2 atom stereocenters. The smallest absolute Gasteiger partial charge is 0.0199 e. The molecule has 0 aromatic rings. The van der Waals surface area contributed by atoms with Crippen molar-refractivity contribution in [3.63, 3.8) is 0 Å². The normalized spacial score (nSPS) is 36.4. The third-order valence-electron chi connectivity index (χ3n) is 2.97. The van der Waals surface area contributed by atoms with Crippen LogP contribution in [0.15, 0.2) is 24.3 Å². The molecule has 0 saturated carbocycles. The molecule has 60 valence electrons. The van der Waals surface area contributed by atoms with Crippen LogP contribution in [0.2, 0.25) is 0 Å². The molecule has 11 heavy (non-hydrogen) atoms. The molecule has 0 aliphatic heterocycles. The second kappa shape index (κ2) is 3.25. The summed E-state index contributed by atoms with van der Waals surface area (Å²) in [4.78, 5) is 0. The summed E-state index contributed by atoms with van der Waals surface area (Å²) >= 11 is 0. The molecule has 0 N–H and O–H groups in total. The molecular weight excluding hydrogens is 132 g/mol. The average molecular weight is 148 g/mol. The predicted molar refractivity (Wildman–Crippen MR) is 48.3 cm³/mol. The van der Waals surface area contributed by atoms with Crippen molar-refractivity contribution in [3.8, 4) is 0 Å². The quantitative estimate of drug-likeness (QED) is 0.500. The first-order chi connectivity index (χ1) is 5.47. The van der Waals surface area contributed by atoms with Crippen LogP contribution < -0.4 is 0 Å². The summed E-state index contributed by atoms with van der Waals surface area (Å²) < 4.78 is 0. The van der Waals surface area contributed by atoms with Gasteiger partial charge in [0.1, 0.15) is 0 Å². The van der Waals surface area contributed by atoms with E-state index in [1.165, 1.54) is 32.1 Å². The van der Waals surface area contributed by atoms with Gasteiger partial charge >= 0.3 is 0 Å². The molecule has 2 aliphatic carbocycles. The van der Waals surface area contributed by atoms with Gasteiger partial charge in [-0.15, -0.1) is 0 Å². The Kier molecular flexibility index (Phi) is 2.11. The van der Waals surface area contributed by atoms with Gasteiger partial charge in [0.25, 0.3) is 0 Å². The Morgan fingerprint density at radius 2 is 1.82 bits per heavy atom. The van der Waals surface area contributed by atoms with Crippen LogP contribution in [0.25, 0.3) is 0 Å². The molecule has 0 aromatic carbocycles. The van der Waals surface area contributed by atoms with Crippen LogP contribution in [0.1, 0.15) is 32.1 Å². The minimum atomic E-state index is 0.917. The Labute approximate surface area is 69.0 Å². The third-order valence-corrected chi connectivity index (χ3v) is 2.97. The van der Waals surface area contributed by atoms with Gasteiger partial charge in [-0.2, -0.15) is 0 Å². The maximum Gasteiger partial charge on any atom is -0.0199 e. The van der Waals surface area contributed by atoms with Crippen molar-refractivity contribution in [1.29, 1.82) is 0 Å². The van der Waals surface area contributed by atoms with Crippen molar-refractivity contribution in [2.75, 3.05) is 0 Å². The van der Waals surface area contributed by atoms with E-state index in [0.29, 0.717) is 0 Å². The highest BCUT2D eigenvalue weighted by atomic mass is 14.3. The Bertz CT molecular complexity index is 176. The van der Waals surface area contributed by atoms with Gasteiger partial charge < -0.3 is 0 Å². The standard InChI is InChI=1S/C11H16/c1-2-6-10(7-3-1)11-8-4-5-9-11/h1-2,4,8,10-11H,3,5-7,9H2. The van der Waals surface area contributed by atoms with Gasteiger partial charge in [0, 0.05) is 0 Å². The van der Waals surface area contributed by atoms with Crippen molar-refractivity contribution >= 4 is 0 Å². The highest BCUT2D eigenvalue weighted by Crippen LogP contribution is 2.33. The van der Waals surface area contributed by atoms with Gasteiger partial charge in [-0.3, -0.25) is 0 Å². The average Bonchev–Trinajstić information content (AvgIpc) is 2.58. The van der Waals surface area contributed by atoms with Crippen molar-refractivity contribution in [2.45, 2.75) is 32.1 Å². The SMILES string of the molecule is C1=CC(C2CC=CCC2)CC1. The van der Waals surface area contributed by atoms with E-state index in [4.69, 9.17) is 0 Å². The molecule has 0 amide bonds. The molecule has 0 saturated heterocycles. The van der Waals surface area contributed by atoms with Crippen molar-refractivity contribution in [2.24, 2.45) is 11.8 Å². The van der Waals surface area contributed by atoms with E-state index in [-0.39, 0.29) is 0 Å². The minimum Gasteiger partial charge on any atom is -0.0885 e.